The third-order valence-corrected chi connectivity index (χ3v) is 6.00. The Morgan fingerprint density at radius 2 is 1.97 bits per heavy atom. The maximum atomic E-state index is 11.5. The molecule has 2 heterocycles. The molecule has 2 aromatic carbocycles. The van der Waals surface area contributed by atoms with Gasteiger partial charge in [0, 0.05) is 30.0 Å². The summed E-state index contributed by atoms with van der Waals surface area (Å²) in [6.45, 7) is 1.95. The fourth-order valence-electron chi connectivity index (χ4n) is 3.02. The quantitative estimate of drug-likeness (QED) is 0.430. The zero-order valence-electron chi connectivity index (χ0n) is 16.1. The van der Waals surface area contributed by atoms with Crippen molar-refractivity contribution in [3.63, 3.8) is 0 Å². The van der Waals surface area contributed by atoms with Crippen molar-refractivity contribution < 1.29 is 8.42 Å². The number of aromatic amines is 1. The van der Waals surface area contributed by atoms with Gasteiger partial charge in [0.2, 0.25) is 16.0 Å². The number of H-pyrrole nitrogens is 1. The van der Waals surface area contributed by atoms with Crippen LogP contribution in [0.1, 0.15) is 5.69 Å². The molecule has 154 valence electrons. The number of nitrogens with zero attached hydrogens (tertiary/aromatic N) is 4. The van der Waals surface area contributed by atoms with Crippen molar-refractivity contribution in [1.82, 2.24) is 20.2 Å². The Hall–Kier alpha value is -3.21. The lowest BCUT2D eigenvalue weighted by Gasteiger charge is -2.19. The van der Waals surface area contributed by atoms with Crippen LogP contribution in [0.25, 0.3) is 10.9 Å². The van der Waals surface area contributed by atoms with E-state index in [1.807, 2.05) is 37.1 Å². The molecule has 0 spiro atoms. The standard InChI is InChI=1S/C19H18ClN7O2S/c1-11-14-5-4-13(10-16(14)26-25-11)27(2)18-7-8-22-19(24-18)23-12-3-6-17(15(20)9-12)30(21,28)29/h3-10H,1-2H3,(H,25,26)(H2,21,28,29)(H,22,23,24). The van der Waals surface area contributed by atoms with E-state index in [0.717, 1.165) is 22.3 Å². The normalized spacial score (nSPS) is 11.6. The van der Waals surface area contributed by atoms with Crippen molar-refractivity contribution in [3.05, 3.63) is 59.4 Å². The SMILES string of the molecule is Cc1n[nH]c2cc(N(C)c3ccnc(Nc4ccc(S(N)(=O)=O)c(Cl)c4)n3)ccc12. The van der Waals surface area contributed by atoms with E-state index in [2.05, 4.69) is 25.5 Å². The molecule has 4 rings (SSSR count). The lowest BCUT2D eigenvalue weighted by atomic mass is 10.2. The lowest BCUT2D eigenvalue weighted by molar-refractivity contribution is 0.598. The molecule has 9 nitrogen and oxygen atoms in total. The topological polar surface area (TPSA) is 130 Å². The van der Waals surface area contributed by atoms with Crippen LogP contribution in [0.3, 0.4) is 0 Å². The number of nitrogens with two attached hydrogens (primary N) is 1. The first kappa shape index (κ1) is 20.1. The molecule has 0 saturated carbocycles. The molecular formula is C19H18ClN7O2S. The number of sulfonamides is 1. The lowest BCUT2D eigenvalue weighted by Crippen LogP contribution is -2.13. The Morgan fingerprint density at radius 3 is 2.70 bits per heavy atom. The molecule has 0 bridgehead atoms. The number of primary sulfonamides is 1. The molecular weight excluding hydrogens is 426 g/mol. The summed E-state index contributed by atoms with van der Waals surface area (Å²) in [5, 5.41) is 16.5. The van der Waals surface area contributed by atoms with Gasteiger partial charge in [-0.05, 0) is 49.4 Å². The summed E-state index contributed by atoms with van der Waals surface area (Å²) in [6, 6.07) is 12.1. The van der Waals surface area contributed by atoms with E-state index >= 15 is 0 Å². The van der Waals surface area contributed by atoms with Crippen molar-refractivity contribution >= 4 is 55.7 Å². The Labute approximate surface area is 178 Å². The number of halogens is 1. The first-order chi connectivity index (χ1) is 14.2. The number of fused-ring (bicyclic) bond motifs is 1. The molecule has 0 saturated heterocycles. The second-order valence-electron chi connectivity index (χ2n) is 6.65. The monoisotopic (exact) mass is 443 g/mol. The van der Waals surface area contributed by atoms with Crippen LogP contribution >= 0.6 is 11.6 Å². The highest BCUT2D eigenvalue weighted by atomic mass is 35.5. The third-order valence-electron chi connectivity index (χ3n) is 4.60. The van der Waals surface area contributed by atoms with E-state index in [1.54, 1.807) is 18.3 Å². The predicted octanol–water partition coefficient (Wildman–Crippen LogP) is 3.47. The molecule has 0 radical (unpaired) electrons. The highest BCUT2D eigenvalue weighted by molar-refractivity contribution is 7.89. The van der Waals surface area contributed by atoms with E-state index < -0.39 is 10.0 Å². The van der Waals surface area contributed by atoms with Crippen LogP contribution in [0.2, 0.25) is 5.02 Å². The molecule has 4 aromatic rings. The smallest absolute Gasteiger partial charge is 0.239 e. The molecule has 0 atom stereocenters. The Bertz CT molecular complexity index is 1350. The number of benzene rings is 2. The van der Waals surface area contributed by atoms with Crippen LogP contribution in [0.4, 0.5) is 23.1 Å². The first-order valence-corrected chi connectivity index (χ1v) is 10.8. The van der Waals surface area contributed by atoms with Crippen LogP contribution in [-0.2, 0) is 10.0 Å². The zero-order valence-corrected chi connectivity index (χ0v) is 17.7. The molecule has 0 aliphatic carbocycles. The van der Waals surface area contributed by atoms with Gasteiger partial charge in [-0.15, -0.1) is 0 Å². The van der Waals surface area contributed by atoms with Crippen molar-refractivity contribution in [2.45, 2.75) is 11.8 Å². The van der Waals surface area contributed by atoms with Gasteiger partial charge in [-0.25, -0.2) is 18.5 Å². The first-order valence-electron chi connectivity index (χ1n) is 8.83. The van der Waals surface area contributed by atoms with Crippen molar-refractivity contribution in [3.8, 4) is 0 Å². The van der Waals surface area contributed by atoms with Gasteiger partial charge in [0.15, 0.2) is 0 Å². The highest BCUT2D eigenvalue weighted by Crippen LogP contribution is 2.28. The average Bonchev–Trinajstić information content (AvgIpc) is 3.07. The summed E-state index contributed by atoms with van der Waals surface area (Å²) in [4.78, 5) is 10.5. The maximum absolute atomic E-state index is 11.5. The molecule has 0 aliphatic rings. The number of rotatable bonds is 5. The molecule has 2 aromatic heterocycles. The Kier molecular flexibility index (Phi) is 5.06. The zero-order chi connectivity index (χ0) is 21.5. The van der Waals surface area contributed by atoms with Gasteiger partial charge in [0.25, 0.3) is 0 Å². The maximum Gasteiger partial charge on any atom is 0.239 e. The summed E-state index contributed by atoms with van der Waals surface area (Å²) in [5.74, 6) is 0.993. The van der Waals surface area contributed by atoms with Crippen molar-refractivity contribution in [2.75, 3.05) is 17.3 Å². The van der Waals surface area contributed by atoms with Crippen LogP contribution in [0.15, 0.2) is 53.6 Å². The van der Waals surface area contributed by atoms with Gasteiger partial charge in [0.05, 0.1) is 16.2 Å². The Balaban J connectivity index is 1.59. The average molecular weight is 444 g/mol. The second-order valence-corrected chi connectivity index (χ2v) is 8.59. The number of hydrogen-bond donors (Lipinski definition) is 3. The molecule has 0 fully saturated rings. The Morgan fingerprint density at radius 1 is 1.17 bits per heavy atom. The third kappa shape index (κ3) is 3.92. The molecule has 30 heavy (non-hydrogen) atoms. The highest BCUT2D eigenvalue weighted by Gasteiger charge is 2.14. The number of nitrogens with one attached hydrogen (secondary N) is 2. The minimum absolute atomic E-state index is 0.0129. The summed E-state index contributed by atoms with van der Waals surface area (Å²) >= 11 is 6.04. The van der Waals surface area contributed by atoms with Crippen LogP contribution in [-0.4, -0.2) is 35.6 Å². The van der Waals surface area contributed by atoms with Crippen molar-refractivity contribution in [2.24, 2.45) is 5.14 Å². The fraction of sp³-hybridized carbons (Fsp3) is 0.105. The van der Waals surface area contributed by atoms with E-state index in [0.29, 0.717) is 17.5 Å². The van der Waals surface area contributed by atoms with Crippen LogP contribution in [0, 0.1) is 6.92 Å². The number of aromatic nitrogens is 4. The van der Waals surface area contributed by atoms with E-state index in [9.17, 15) is 8.42 Å². The molecule has 11 heteroatoms. The van der Waals surface area contributed by atoms with Gasteiger partial charge >= 0.3 is 0 Å². The molecule has 0 aliphatic heterocycles. The van der Waals surface area contributed by atoms with Gasteiger partial charge < -0.3 is 10.2 Å². The van der Waals surface area contributed by atoms with Gasteiger partial charge in [-0.2, -0.15) is 10.1 Å². The summed E-state index contributed by atoms with van der Waals surface area (Å²) in [6.07, 6.45) is 1.63. The van der Waals surface area contributed by atoms with Crippen LogP contribution in [0.5, 0.6) is 0 Å². The molecule has 0 unspecified atom stereocenters. The van der Waals surface area contributed by atoms with Crippen molar-refractivity contribution in [1.29, 1.82) is 0 Å². The largest absolute Gasteiger partial charge is 0.329 e. The van der Waals surface area contributed by atoms with Gasteiger partial charge in [-0.3, -0.25) is 5.10 Å². The number of anilines is 4. The van der Waals surface area contributed by atoms with Gasteiger partial charge in [-0.1, -0.05) is 11.6 Å². The van der Waals surface area contributed by atoms with Crippen LogP contribution < -0.4 is 15.4 Å². The number of hydrogen-bond acceptors (Lipinski definition) is 7. The summed E-state index contributed by atoms with van der Waals surface area (Å²) in [5.41, 5.74) is 3.34. The molecule has 0 amide bonds. The minimum Gasteiger partial charge on any atom is -0.329 e. The minimum atomic E-state index is -3.89. The second kappa shape index (κ2) is 7.56. The molecule has 4 N–H and O–H groups in total. The van der Waals surface area contributed by atoms with E-state index in [-0.39, 0.29) is 9.92 Å². The fourth-order valence-corrected chi connectivity index (χ4v) is 4.11. The van der Waals surface area contributed by atoms with E-state index in [4.69, 9.17) is 16.7 Å². The number of aryl methyl sites for hydroxylation is 1. The predicted molar refractivity (Wildman–Crippen MR) is 117 cm³/mol. The summed E-state index contributed by atoms with van der Waals surface area (Å²) in [7, 11) is -1.99. The van der Waals surface area contributed by atoms with E-state index in [1.165, 1.54) is 12.1 Å². The summed E-state index contributed by atoms with van der Waals surface area (Å²) < 4.78 is 23.0. The van der Waals surface area contributed by atoms with Gasteiger partial charge in [0.1, 0.15) is 10.7 Å².